The molecule has 0 N–H and O–H groups in total. The molecule has 3 heterocycles. The summed E-state index contributed by atoms with van der Waals surface area (Å²) < 4.78 is 1.69. The number of hydrogen-bond acceptors (Lipinski definition) is 5. The molecule has 0 radical (unpaired) electrons. The van der Waals surface area contributed by atoms with Crippen molar-refractivity contribution in [2.24, 2.45) is 7.05 Å². The number of amides is 1. The van der Waals surface area contributed by atoms with Gasteiger partial charge in [0.05, 0.1) is 17.0 Å². The predicted octanol–water partition coefficient (Wildman–Crippen LogP) is 3.92. The van der Waals surface area contributed by atoms with E-state index < -0.39 is 0 Å². The molecule has 1 fully saturated rings. The van der Waals surface area contributed by atoms with Gasteiger partial charge in [-0.3, -0.25) is 9.48 Å². The van der Waals surface area contributed by atoms with Gasteiger partial charge in [0.15, 0.2) is 0 Å². The Labute approximate surface area is 187 Å². The van der Waals surface area contributed by atoms with Crippen molar-refractivity contribution in [2.45, 2.75) is 25.7 Å². The topological polar surface area (TPSA) is 67.2 Å². The first kappa shape index (κ1) is 21.3. The number of rotatable bonds is 4. The van der Waals surface area contributed by atoms with Crippen molar-refractivity contribution in [3.05, 3.63) is 58.6 Å². The van der Waals surface area contributed by atoms with Gasteiger partial charge in [-0.1, -0.05) is 23.7 Å². The number of aryl methyl sites for hydroxylation is 2. The van der Waals surface area contributed by atoms with Gasteiger partial charge in [0.1, 0.15) is 0 Å². The average Bonchev–Trinajstić information content (AvgIpc) is 3.10. The summed E-state index contributed by atoms with van der Waals surface area (Å²) in [5, 5.41) is 5.00. The molecule has 31 heavy (non-hydrogen) atoms. The van der Waals surface area contributed by atoms with Crippen LogP contribution in [-0.2, 0) is 7.05 Å². The van der Waals surface area contributed by atoms with E-state index in [1.54, 1.807) is 10.9 Å². The first-order chi connectivity index (χ1) is 14.8. The van der Waals surface area contributed by atoms with Gasteiger partial charge in [-0.2, -0.15) is 5.10 Å². The van der Waals surface area contributed by atoms with Crippen LogP contribution in [0, 0.1) is 6.92 Å². The van der Waals surface area contributed by atoms with Gasteiger partial charge in [0.2, 0.25) is 5.95 Å². The lowest BCUT2D eigenvalue weighted by Gasteiger charge is -2.33. The van der Waals surface area contributed by atoms with Crippen LogP contribution >= 0.6 is 11.6 Å². The summed E-state index contributed by atoms with van der Waals surface area (Å²) in [4.78, 5) is 26.5. The van der Waals surface area contributed by atoms with Crippen molar-refractivity contribution in [1.82, 2.24) is 24.6 Å². The molecule has 1 aliphatic heterocycles. The standard InChI is InChI=1S/C23H27ClN6O/c1-15-20(14-29(4)27-15)22(31)30-10-6-8-17(13-30)21-19(12-25-23(26-21)28(2)3)16-7-5-9-18(24)11-16/h5,7,9,11-12,14,17H,6,8,10,13H2,1-4H3. The van der Waals surface area contributed by atoms with E-state index in [2.05, 4.69) is 10.1 Å². The Morgan fingerprint density at radius 1 is 1.29 bits per heavy atom. The largest absolute Gasteiger partial charge is 0.347 e. The Bertz CT molecular complexity index is 1110. The van der Waals surface area contributed by atoms with Gasteiger partial charge >= 0.3 is 0 Å². The molecule has 0 saturated carbocycles. The van der Waals surface area contributed by atoms with E-state index >= 15 is 0 Å². The fourth-order valence-electron chi connectivity index (χ4n) is 4.16. The Morgan fingerprint density at radius 3 is 2.77 bits per heavy atom. The number of hydrogen-bond donors (Lipinski definition) is 0. The number of benzene rings is 1. The summed E-state index contributed by atoms with van der Waals surface area (Å²) in [6, 6.07) is 7.75. The molecule has 0 bridgehead atoms. The smallest absolute Gasteiger partial charge is 0.257 e. The molecule has 1 unspecified atom stereocenters. The van der Waals surface area contributed by atoms with Gasteiger partial charge in [-0.25, -0.2) is 9.97 Å². The minimum atomic E-state index is 0.0292. The minimum Gasteiger partial charge on any atom is -0.347 e. The van der Waals surface area contributed by atoms with Crippen molar-refractivity contribution in [2.75, 3.05) is 32.1 Å². The van der Waals surface area contributed by atoms with Crippen molar-refractivity contribution in [3.63, 3.8) is 0 Å². The lowest BCUT2D eigenvalue weighted by molar-refractivity contribution is 0.0705. The molecule has 1 atom stereocenters. The van der Waals surface area contributed by atoms with E-state index in [1.165, 1.54) is 0 Å². The lowest BCUT2D eigenvalue weighted by Crippen LogP contribution is -2.39. The molecule has 1 saturated heterocycles. The van der Waals surface area contributed by atoms with Crippen LogP contribution < -0.4 is 4.90 Å². The molecule has 1 aromatic carbocycles. The highest BCUT2D eigenvalue weighted by molar-refractivity contribution is 6.30. The molecule has 8 heteroatoms. The number of carbonyl (C=O) groups is 1. The number of aromatic nitrogens is 4. The van der Waals surface area contributed by atoms with E-state index in [4.69, 9.17) is 16.6 Å². The first-order valence-electron chi connectivity index (χ1n) is 10.4. The molecular weight excluding hydrogens is 412 g/mol. The summed E-state index contributed by atoms with van der Waals surface area (Å²) in [5.41, 5.74) is 4.33. The summed E-state index contributed by atoms with van der Waals surface area (Å²) in [6.45, 7) is 3.23. The molecule has 1 amide bonds. The van der Waals surface area contributed by atoms with E-state index in [0.717, 1.165) is 41.9 Å². The number of likely N-dealkylation sites (tertiary alicyclic amines) is 1. The van der Waals surface area contributed by atoms with Gasteiger partial charge in [0.25, 0.3) is 5.91 Å². The van der Waals surface area contributed by atoms with E-state index in [9.17, 15) is 4.79 Å². The summed E-state index contributed by atoms with van der Waals surface area (Å²) in [6.07, 6.45) is 5.56. The third-order valence-electron chi connectivity index (χ3n) is 5.68. The molecule has 2 aromatic heterocycles. The Balaban J connectivity index is 1.69. The maximum Gasteiger partial charge on any atom is 0.257 e. The molecule has 0 aliphatic carbocycles. The van der Waals surface area contributed by atoms with Crippen molar-refractivity contribution in [1.29, 1.82) is 0 Å². The van der Waals surface area contributed by atoms with Crippen molar-refractivity contribution in [3.8, 4) is 11.1 Å². The molecule has 3 aromatic rings. The van der Waals surface area contributed by atoms with Gasteiger partial charge in [-0.15, -0.1) is 0 Å². The highest BCUT2D eigenvalue weighted by Gasteiger charge is 2.30. The maximum atomic E-state index is 13.2. The fraction of sp³-hybridized carbons (Fsp3) is 0.391. The normalized spacial score (nSPS) is 16.4. The van der Waals surface area contributed by atoms with Crippen LogP contribution in [0.2, 0.25) is 5.02 Å². The highest BCUT2D eigenvalue weighted by Crippen LogP contribution is 2.35. The maximum absolute atomic E-state index is 13.2. The summed E-state index contributed by atoms with van der Waals surface area (Å²) >= 11 is 6.25. The number of anilines is 1. The average molecular weight is 439 g/mol. The van der Waals surface area contributed by atoms with Crippen molar-refractivity contribution >= 4 is 23.5 Å². The van der Waals surface area contributed by atoms with Crippen molar-refractivity contribution < 1.29 is 4.79 Å². The molecular formula is C23H27ClN6O. The molecule has 7 nitrogen and oxygen atoms in total. The van der Waals surface area contributed by atoms with Crippen LogP contribution in [0.15, 0.2) is 36.7 Å². The summed E-state index contributed by atoms with van der Waals surface area (Å²) in [7, 11) is 5.70. The zero-order chi connectivity index (χ0) is 22.1. The zero-order valence-corrected chi connectivity index (χ0v) is 19.1. The number of piperidine rings is 1. The van der Waals surface area contributed by atoms with Crippen LogP contribution in [0.5, 0.6) is 0 Å². The fourth-order valence-corrected chi connectivity index (χ4v) is 4.35. The monoisotopic (exact) mass is 438 g/mol. The second-order valence-electron chi connectivity index (χ2n) is 8.27. The van der Waals surface area contributed by atoms with E-state index in [1.807, 2.05) is 68.3 Å². The molecule has 4 rings (SSSR count). The minimum absolute atomic E-state index is 0.0292. The number of halogens is 1. The van der Waals surface area contributed by atoms with Crippen LogP contribution in [0.3, 0.4) is 0 Å². The Kier molecular flexibility index (Phi) is 5.96. The van der Waals surface area contributed by atoms with Crippen LogP contribution in [0.1, 0.15) is 40.5 Å². The van der Waals surface area contributed by atoms with E-state index in [0.29, 0.717) is 23.1 Å². The van der Waals surface area contributed by atoms with Gasteiger partial charge < -0.3 is 9.80 Å². The summed E-state index contributed by atoms with van der Waals surface area (Å²) in [5.74, 6) is 0.805. The molecule has 1 aliphatic rings. The van der Waals surface area contributed by atoms with Crippen LogP contribution in [-0.4, -0.2) is 57.7 Å². The Morgan fingerprint density at radius 2 is 2.10 bits per heavy atom. The van der Waals surface area contributed by atoms with Crippen LogP contribution in [0.25, 0.3) is 11.1 Å². The molecule has 0 spiro atoms. The van der Waals surface area contributed by atoms with Gasteiger partial charge in [-0.05, 0) is 37.5 Å². The predicted molar refractivity (Wildman–Crippen MR) is 123 cm³/mol. The number of nitrogens with zero attached hydrogens (tertiary/aromatic N) is 6. The Hall–Kier alpha value is -2.93. The second kappa shape index (κ2) is 8.67. The van der Waals surface area contributed by atoms with E-state index in [-0.39, 0.29) is 11.8 Å². The SMILES string of the molecule is Cc1nn(C)cc1C(=O)N1CCCC(c2nc(N(C)C)ncc2-c2cccc(Cl)c2)C1. The zero-order valence-electron chi connectivity index (χ0n) is 18.3. The first-order valence-corrected chi connectivity index (χ1v) is 10.8. The van der Waals surface area contributed by atoms with Gasteiger partial charge in [0, 0.05) is 63.1 Å². The lowest BCUT2D eigenvalue weighted by atomic mass is 9.89. The second-order valence-corrected chi connectivity index (χ2v) is 8.70. The third kappa shape index (κ3) is 4.42. The van der Waals surface area contributed by atoms with Crippen LogP contribution in [0.4, 0.5) is 5.95 Å². The molecule has 162 valence electrons. The quantitative estimate of drug-likeness (QED) is 0.617. The number of carbonyl (C=O) groups excluding carboxylic acids is 1. The third-order valence-corrected chi connectivity index (χ3v) is 5.92. The highest BCUT2D eigenvalue weighted by atomic mass is 35.5.